The molecule has 0 aromatic heterocycles. The minimum atomic E-state index is -0.817. The minimum absolute atomic E-state index is 0.152. The molecule has 0 radical (unpaired) electrons. The van der Waals surface area contributed by atoms with Gasteiger partial charge < -0.3 is 25.3 Å². The van der Waals surface area contributed by atoms with E-state index < -0.39 is 29.6 Å². The molecular formula is C20H38N2O6. The van der Waals surface area contributed by atoms with Gasteiger partial charge in [0.15, 0.2) is 6.10 Å². The van der Waals surface area contributed by atoms with Crippen molar-refractivity contribution in [3.63, 3.8) is 0 Å². The van der Waals surface area contributed by atoms with Crippen molar-refractivity contribution in [2.24, 2.45) is 5.73 Å². The van der Waals surface area contributed by atoms with Crippen LogP contribution in [0.2, 0.25) is 0 Å². The van der Waals surface area contributed by atoms with Crippen molar-refractivity contribution >= 4 is 17.9 Å². The molecule has 0 fully saturated rings. The third-order valence-corrected chi connectivity index (χ3v) is 4.83. The van der Waals surface area contributed by atoms with Gasteiger partial charge in [0.2, 0.25) is 0 Å². The quantitative estimate of drug-likeness (QED) is 0.258. The molecule has 0 bridgehead atoms. The SMILES string of the molecule is CCC(C)(N)CCCNC(C)(CC)CC(=O)OCC(COC(C)=O)OC(C)=O. The van der Waals surface area contributed by atoms with Crippen molar-refractivity contribution in [2.75, 3.05) is 19.8 Å². The van der Waals surface area contributed by atoms with Crippen LogP contribution >= 0.6 is 0 Å². The van der Waals surface area contributed by atoms with Crippen LogP contribution in [-0.2, 0) is 28.6 Å². The van der Waals surface area contributed by atoms with E-state index in [2.05, 4.69) is 12.2 Å². The fraction of sp³-hybridized carbons (Fsp3) is 0.850. The van der Waals surface area contributed by atoms with Crippen molar-refractivity contribution in [3.05, 3.63) is 0 Å². The van der Waals surface area contributed by atoms with Crippen LogP contribution in [0.3, 0.4) is 0 Å². The first-order chi connectivity index (χ1) is 12.9. The molecule has 0 amide bonds. The second-order valence-electron chi connectivity index (χ2n) is 7.85. The second-order valence-corrected chi connectivity index (χ2v) is 7.85. The predicted octanol–water partition coefficient (Wildman–Crippen LogP) is 2.08. The smallest absolute Gasteiger partial charge is 0.307 e. The average Bonchev–Trinajstić information content (AvgIpc) is 2.60. The zero-order valence-corrected chi connectivity index (χ0v) is 18.3. The molecule has 0 aromatic carbocycles. The van der Waals surface area contributed by atoms with Crippen LogP contribution in [0, 0.1) is 0 Å². The zero-order chi connectivity index (χ0) is 21.8. The Morgan fingerprint density at radius 1 is 1.00 bits per heavy atom. The van der Waals surface area contributed by atoms with E-state index in [9.17, 15) is 14.4 Å². The summed E-state index contributed by atoms with van der Waals surface area (Å²) in [5.41, 5.74) is 5.58. The lowest BCUT2D eigenvalue weighted by atomic mass is 9.92. The molecule has 8 nitrogen and oxygen atoms in total. The van der Waals surface area contributed by atoms with Gasteiger partial charge in [-0.25, -0.2) is 0 Å². The van der Waals surface area contributed by atoms with Gasteiger partial charge >= 0.3 is 17.9 Å². The Balaban J connectivity index is 4.47. The standard InChI is InChI=1S/C20H38N2O6/c1-7-19(5,21)10-9-11-22-20(6,8-2)12-18(25)27-14-17(28-16(4)24)13-26-15(3)23/h17,22H,7-14,21H2,1-6H3. The normalized spacial score (nSPS) is 16.4. The Hall–Kier alpha value is -1.67. The van der Waals surface area contributed by atoms with Crippen molar-refractivity contribution < 1.29 is 28.6 Å². The van der Waals surface area contributed by atoms with E-state index in [0.29, 0.717) is 0 Å². The van der Waals surface area contributed by atoms with Crippen molar-refractivity contribution in [3.8, 4) is 0 Å². The van der Waals surface area contributed by atoms with Crippen LogP contribution in [0.4, 0.5) is 0 Å². The minimum Gasteiger partial charge on any atom is -0.462 e. The largest absolute Gasteiger partial charge is 0.462 e. The van der Waals surface area contributed by atoms with Crippen LogP contribution in [0.1, 0.15) is 73.6 Å². The molecule has 0 aromatic rings. The molecule has 3 unspecified atom stereocenters. The fourth-order valence-electron chi connectivity index (χ4n) is 2.49. The van der Waals surface area contributed by atoms with Crippen LogP contribution in [0.25, 0.3) is 0 Å². The molecule has 28 heavy (non-hydrogen) atoms. The van der Waals surface area contributed by atoms with Gasteiger partial charge in [-0.15, -0.1) is 0 Å². The summed E-state index contributed by atoms with van der Waals surface area (Å²) < 4.78 is 15.1. The Bertz CT molecular complexity index is 509. The van der Waals surface area contributed by atoms with E-state index in [1.54, 1.807) is 0 Å². The van der Waals surface area contributed by atoms with E-state index in [0.717, 1.165) is 32.2 Å². The van der Waals surface area contributed by atoms with Gasteiger partial charge in [-0.3, -0.25) is 14.4 Å². The maximum absolute atomic E-state index is 12.3. The number of esters is 3. The summed E-state index contributed by atoms with van der Waals surface area (Å²) >= 11 is 0. The Morgan fingerprint density at radius 3 is 2.11 bits per heavy atom. The molecule has 8 heteroatoms. The maximum Gasteiger partial charge on any atom is 0.307 e. The van der Waals surface area contributed by atoms with Crippen molar-refractivity contribution in [1.82, 2.24) is 5.32 Å². The Kier molecular flexibility index (Phi) is 12.0. The summed E-state index contributed by atoms with van der Waals surface area (Å²) in [5, 5.41) is 3.42. The molecule has 0 saturated heterocycles. The van der Waals surface area contributed by atoms with Gasteiger partial charge in [-0.1, -0.05) is 13.8 Å². The molecule has 0 aliphatic rings. The number of ether oxygens (including phenoxy) is 3. The second kappa shape index (κ2) is 12.7. The average molecular weight is 403 g/mol. The van der Waals surface area contributed by atoms with Gasteiger partial charge in [0.1, 0.15) is 13.2 Å². The lowest BCUT2D eigenvalue weighted by Gasteiger charge is -2.30. The molecule has 3 N–H and O–H groups in total. The summed E-state index contributed by atoms with van der Waals surface area (Å²) in [6, 6.07) is 0. The first kappa shape index (κ1) is 26.3. The highest BCUT2D eigenvalue weighted by atomic mass is 16.6. The molecule has 0 aliphatic heterocycles. The third kappa shape index (κ3) is 12.7. The summed E-state index contributed by atoms with van der Waals surface area (Å²) in [6.07, 6.45) is 2.85. The number of hydrogen-bond donors (Lipinski definition) is 2. The van der Waals surface area contributed by atoms with E-state index >= 15 is 0 Å². The number of carbonyl (C=O) groups excluding carboxylic acids is 3. The van der Waals surface area contributed by atoms with Gasteiger partial charge in [0, 0.05) is 24.9 Å². The van der Waals surface area contributed by atoms with Crippen molar-refractivity contribution in [2.45, 2.75) is 90.8 Å². The van der Waals surface area contributed by atoms with E-state index in [-0.39, 0.29) is 25.2 Å². The third-order valence-electron chi connectivity index (χ3n) is 4.83. The lowest BCUT2D eigenvalue weighted by Crippen LogP contribution is -2.45. The highest BCUT2D eigenvalue weighted by molar-refractivity contribution is 5.71. The highest BCUT2D eigenvalue weighted by Gasteiger charge is 2.27. The number of rotatable bonds is 14. The fourth-order valence-corrected chi connectivity index (χ4v) is 2.49. The first-order valence-electron chi connectivity index (χ1n) is 9.93. The Morgan fingerprint density at radius 2 is 1.61 bits per heavy atom. The van der Waals surface area contributed by atoms with E-state index in [1.807, 2.05) is 20.8 Å². The van der Waals surface area contributed by atoms with Crippen LogP contribution in [-0.4, -0.2) is 54.8 Å². The maximum atomic E-state index is 12.3. The van der Waals surface area contributed by atoms with Gasteiger partial charge in [0.05, 0.1) is 6.42 Å². The number of nitrogens with two attached hydrogens (primary N) is 1. The van der Waals surface area contributed by atoms with Gasteiger partial charge in [0.25, 0.3) is 0 Å². The monoisotopic (exact) mass is 402 g/mol. The van der Waals surface area contributed by atoms with Gasteiger partial charge in [-0.2, -0.15) is 0 Å². The summed E-state index contributed by atoms with van der Waals surface area (Å²) in [4.78, 5) is 34.3. The first-order valence-corrected chi connectivity index (χ1v) is 9.93. The number of carbonyl (C=O) groups is 3. The number of nitrogens with one attached hydrogen (secondary N) is 1. The topological polar surface area (TPSA) is 117 Å². The number of hydrogen-bond acceptors (Lipinski definition) is 8. The van der Waals surface area contributed by atoms with Crippen LogP contribution < -0.4 is 11.1 Å². The van der Waals surface area contributed by atoms with Gasteiger partial charge in [-0.05, 0) is 46.1 Å². The van der Waals surface area contributed by atoms with E-state index in [4.69, 9.17) is 19.9 Å². The molecule has 0 rings (SSSR count). The summed E-state index contributed by atoms with van der Waals surface area (Å²) in [6.45, 7) is 11.0. The zero-order valence-electron chi connectivity index (χ0n) is 18.3. The lowest BCUT2D eigenvalue weighted by molar-refractivity contribution is -0.165. The molecule has 0 aliphatic carbocycles. The van der Waals surface area contributed by atoms with Crippen LogP contribution in [0.5, 0.6) is 0 Å². The molecule has 3 atom stereocenters. The molecular weight excluding hydrogens is 364 g/mol. The highest BCUT2D eigenvalue weighted by Crippen LogP contribution is 2.17. The molecule has 0 spiro atoms. The summed E-state index contributed by atoms with van der Waals surface area (Å²) in [7, 11) is 0. The van der Waals surface area contributed by atoms with Crippen LogP contribution in [0.15, 0.2) is 0 Å². The molecule has 0 saturated carbocycles. The Labute approximate surface area is 168 Å². The summed E-state index contributed by atoms with van der Waals surface area (Å²) in [5.74, 6) is -1.44. The molecule has 0 heterocycles. The van der Waals surface area contributed by atoms with Crippen molar-refractivity contribution in [1.29, 1.82) is 0 Å². The molecule has 164 valence electrons. The van der Waals surface area contributed by atoms with E-state index in [1.165, 1.54) is 13.8 Å². The predicted molar refractivity (Wildman–Crippen MR) is 107 cm³/mol.